The number of benzene rings is 1. The Kier molecular flexibility index (Phi) is 4.12. The van der Waals surface area contributed by atoms with Crippen molar-refractivity contribution in [1.29, 1.82) is 0 Å². The van der Waals surface area contributed by atoms with Gasteiger partial charge in [0, 0.05) is 24.6 Å². The largest absolute Gasteiger partial charge is 0.491 e. The van der Waals surface area contributed by atoms with E-state index < -0.39 is 30.2 Å². The highest BCUT2D eigenvalue weighted by atomic mass is 16.7. The van der Waals surface area contributed by atoms with E-state index >= 15 is 0 Å². The fourth-order valence-corrected chi connectivity index (χ4v) is 2.36. The van der Waals surface area contributed by atoms with Gasteiger partial charge >= 0.3 is 5.63 Å². The van der Waals surface area contributed by atoms with Crippen LogP contribution in [-0.2, 0) is 9.47 Å². The van der Waals surface area contributed by atoms with Crippen LogP contribution in [0.1, 0.15) is 0 Å². The lowest BCUT2D eigenvalue weighted by atomic mass is 10.1. The topological polar surface area (TPSA) is 98.4 Å². The molecule has 1 saturated heterocycles. The quantitative estimate of drug-likeness (QED) is 0.782. The van der Waals surface area contributed by atoms with Crippen LogP contribution in [-0.4, -0.2) is 48.5 Å². The summed E-state index contributed by atoms with van der Waals surface area (Å²) >= 11 is 0. The number of hydrogen-bond acceptors (Lipinski definition) is 7. The van der Waals surface area contributed by atoms with E-state index in [1.54, 1.807) is 24.3 Å². The summed E-state index contributed by atoms with van der Waals surface area (Å²) in [7, 11) is 1.38. The van der Waals surface area contributed by atoms with E-state index in [4.69, 9.17) is 18.6 Å². The van der Waals surface area contributed by atoms with Crippen molar-refractivity contribution < 1.29 is 28.8 Å². The molecule has 0 unspecified atom stereocenters. The fraction of sp³-hybridized carbons (Fsp3) is 0.400. The van der Waals surface area contributed by atoms with E-state index in [2.05, 4.69) is 0 Å². The number of aliphatic hydroxyl groups excluding tert-OH is 2. The Morgan fingerprint density at radius 1 is 1.18 bits per heavy atom. The summed E-state index contributed by atoms with van der Waals surface area (Å²) in [5, 5.41) is 20.3. The van der Waals surface area contributed by atoms with Crippen LogP contribution in [0.15, 0.2) is 39.5 Å². The minimum atomic E-state index is -1.12. The van der Waals surface area contributed by atoms with Crippen molar-refractivity contribution in [2.45, 2.75) is 24.6 Å². The minimum Gasteiger partial charge on any atom is -0.491 e. The van der Waals surface area contributed by atoms with Crippen LogP contribution in [0.25, 0.3) is 11.0 Å². The number of hydrogen-bond donors (Lipinski definition) is 2. The Morgan fingerprint density at radius 2 is 1.95 bits per heavy atom. The van der Waals surface area contributed by atoms with Crippen molar-refractivity contribution >= 4 is 11.0 Å². The standard InChI is InChI=1S/C15H16O7/c1-19-15-14(18)13(17)11(22-15)7-20-9-4-2-8-3-5-12(16)21-10(8)6-9/h2-6,11,13-15,17-18H,7H2,1H3/t11-,13+,14+,15+/m1/s1. The highest BCUT2D eigenvalue weighted by Gasteiger charge is 2.43. The van der Waals surface area contributed by atoms with Crippen LogP contribution in [0, 0.1) is 0 Å². The van der Waals surface area contributed by atoms with Crippen LogP contribution in [0.2, 0.25) is 0 Å². The zero-order chi connectivity index (χ0) is 15.7. The Labute approximate surface area is 125 Å². The van der Waals surface area contributed by atoms with Crippen molar-refractivity contribution in [2.24, 2.45) is 0 Å². The lowest BCUT2D eigenvalue weighted by Crippen LogP contribution is -2.35. The normalized spacial score (nSPS) is 28.1. The van der Waals surface area contributed by atoms with Gasteiger partial charge in [-0.05, 0) is 18.2 Å². The van der Waals surface area contributed by atoms with Gasteiger partial charge in [-0.1, -0.05) is 0 Å². The molecule has 0 amide bonds. The summed E-state index contributed by atoms with van der Waals surface area (Å²) in [4.78, 5) is 11.2. The molecule has 0 radical (unpaired) electrons. The molecule has 4 atom stereocenters. The Hall–Kier alpha value is -1.93. The maximum Gasteiger partial charge on any atom is 0.336 e. The molecule has 7 nitrogen and oxygen atoms in total. The van der Waals surface area contributed by atoms with E-state index in [1.807, 2.05) is 0 Å². The van der Waals surface area contributed by atoms with Crippen molar-refractivity contribution in [2.75, 3.05) is 13.7 Å². The molecule has 2 N–H and O–H groups in total. The van der Waals surface area contributed by atoms with E-state index in [-0.39, 0.29) is 6.61 Å². The van der Waals surface area contributed by atoms with Crippen LogP contribution in [0.5, 0.6) is 5.75 Å². The SMILES string of the molecule is CO[C@H]1O[C@H](COc2ccc3ccc(=O)oc3c2)[C@H](O)[C@@H]1O. The summed E-state index contributed by atoms with van der Waals surface area (Å²) in [6, 6.07) is 8.06. The van der Waals surface area contributed by atoms with Crippen LogP contribution < -0.4 is 10.4 Å². The van der Waals surface area contributed by atoms with Gasteiger partial charge in [0.15, 0.2) is 6.29 Å². The van der Waals surface area contributed by atoms with Crippen LogP contribution >= 0.6 is 0 Å². The zero-order valence-electron chi connectivity index (χ0n) is 11.8. The van der Waals surface area contributed by atoms with Crippen LogP contribution in [0.4, 0.5) is 0 Å². The molecule has 1 aromatic heterocycles. The third-order valence-corrected chi connectivity index (χ3v) is 3.56. The van der Waals surface area contributed by atoms with Gasteiger partial charge in [0.1, 0.15) is 36.3 Å². The smallest absolute Gasteiger partial charge is 0.336 e. The highest BCUT2D eigenvalue weighted by molar-refractivity contribution is 5.77. The minimum absolute atomic E-state index is 0.0284. The average molecular weight is 308 g/mol. The first kappa shape index (κ1) is 15.0. The zero-order valence-corrected chi connectivity index (χ0v) is 11.8. The number of aliphatic hydroxyl groups is 2. The van der Waals surface area contributed by atoms with Gasteiger partial charge in [-0.3, -0.25) is 0 Å². The number of ether oxygens (including phenoxy) is 3. The van der Waals surface area contributed by atoms with Crippen molar-refractivity contribution in [3.63, 3.8) is 0 Å². The molecular weight excluding hydrogens is 292 g/mol. The van der Waals surface area contributed by atoms with E-state index in [9.17, 15) is 15.0 Å². The molecule has 22 heavy (non-hydrogen) atoms. The van der Waals surface area contributed by atoms with Crippen molar-refractivity contribution in [1.82, 2.24) is 0 Å². The lowest BCUT2D eigenvalue weighted by Gasteiger charge is -2.15. The third-order valence-electron chi connectivity index (χ3n) is 3.56. The first-order valence-corrected chi connectivity index (χ1v) is 6.79. The van der Waals surface area contributed by atoms with Crippen LogP contribution in [0.3, 0.4) is 0 Å². The van der Waals surface area contributed by atoms with Gasteiger partial charge in [0.25, 0.3) is 0 Å². The van der Waals surface area contributed by atoms with Crippen molar-refractivity contribution in [3.8, 4) is 5.75 Å². The first-order valence-electron chi connectivity index (χ1n) is 6.79. The molecule has 0 bridgehead atoms. The maximum absolute atomic E-state index is 11.2. The second-order valence-corrected chi connectivity index (χ2v) is 5.02. The Balaban J connectivity index is 1.70. The summed E-state index contributed by atoms with van der Waals surface area (Å²) in [5.74, 6) is 0.466. The lowest BCUT2D eigenvalue weighted by molar-refractivity contribution is -0.152. The number of methoxy groups -OCH3 is 1. The van der Waals surface area contributed by atoms with Crippen molar-refractivity contribution in [3.05, 3.63) is 40.8 Å². The average Bonchev–Trinajstić information content (AvgIpc) is 2.80. The molecule has 1 aliphatic heterocycles. The second-order valence-electron chi connectivity index (χ2n) is 5.02. The highest BCUT2D eigenvalue weighted by Crippen LogP contribution is 2.24. The molecule has 2 heterocycles. The Morgan fingerprint density at radius 3 is 2.68 bits per heavy atom. The molecule has 1 aromatic carbocycles. The fourth-order valence-electron chi connectivity index (χ4n) is 2.36. The molecule has 3 rings (SSSR count). The van der Waals surface area contributed by atoms with Gasteiger partial charge in [-0.25, -0.2) is 4.79 Å². The molecule has 1 fully saturated rings. The number of rotatable bonds is 4. The summed E-state index contributed by atoms with van der Waals surface area (Å²) in [6.45, 7) is 0.0284. The molecule has 0 saturated carbocycles. The summed E-state index contributed by atoms with van der Waals surface area (Å²) < 4.78 is 20.9. The number of fused-ring (bicyclic) bond motifs is 1. The van der Waals surface area contributed by atoms with Gasteiger partial charge in [0.2, 0.25) is 0 Å². The molecule has 2 aromatic rings. The van der Waals surface area contributed by atoms with E-state index in [1.165, 1.54) is 13.2 Å². The van der Waals surface area contributed by atoms with Gasteiger partial charge in [-0.15, -0.1) is 0 Å². The second kappa shape index (κ2) is 6.05. The van der Waals surface area contributed by atoms with Gasteiger partial charge < -0.3 is 28.8 Å². The molecule has 0 aliphatic carbocycles. The van der Waals surface area contributed by atoms with Gasteiger partial charge in [0.05, 0.1) is 0 Å². The first-order chi connectivity index (χ1) is 10.6. The monoisotopic (exact) mass is 308 g/mol. The predicted octanol–water partition coefficient (Wildman–Crippen LogP) is 0.265. The van der Waals surface area contributed by atoms with E-state index in [0.29, 0.717) is 11.3 Å². The third kappa shape index (κ3) is 2.84. The molecular formula is C15H16O7. The predicted molar refractivity (Wildman–Crippen MR) is 75.7 cm³/mol. The molecule has 0 spiro atoms. The van der Waals surface area contributed by atoms with Gasteiger partial charge in [-0.2, -0.15) is 0 Å². The Bertz CT molecular complexity index is 710. The molecule has 7 heteroatoms. The maximum atomic E-state index is 11.2. The molecule has 118 valence electrons. The van der Waals surface area contributed by atoms with E-state index in [0.717, 1.165) is 5.39 Å². The summed E-state index contributed by atoms with van der Waals surface area (Å²) in [5.41, 5.74) is -0.0297. The summed E-state index contributed by atoms with van der Waals surface area (Å²) in [6.07, 6.45) is -3.80. The molecule has 1 aliphatic rings.